The molecule has 1 aromatic heterocycles. The fraction of sp³-hybridized carbons (Fsp3) is 0.267. The third-order valence-corrected chi connectivity index (χ3v) is 2.60. The standard InChI is InChI=1S/C13H12FN3O3.C2H6/c14-7-10-4-5-12(13(15)16-10)20-8-9-2-1-3-11(6-9)17(18)19;1-2/h1-6H,7-8H2,(H2,15,16);1-2H3. The fourth-order valence-corrected chi connectivity index (χ4v) is 1.62. The average Bonchev–Trinajstić information content (AvgIpc) is 2.55. The molecule has 2 rings (SSSR count). The zero-order valence-electron chi connectivity index (χ0n) is 12.5. The Labute approximate surface area is 127 Å². The Bertz CT molecular complexity index is 635. The number of nitrogen functional groups attached to an aromatic ring is 1. The topological polar surface area (TPSA) is 91.3 Å². The summed E-state index contributed by atoms with van der Waals surface area (Å²) in [5.74, 6) is 0.402. The van der Waals surface area contributed by atoms with Gasteiger partial charge in [-0.2, -0.15) is 0 Å². The predicted octanol–water partition coefficient (Wildman–Crippen LogP) is 3.65. The minimum atomic E-state index is -0.699. The van der Waals surface area contributed by atoms with E-state index < -0.39 is 11.6 Å². The molecule has 118 valence electrons. The Balaban J connectivity index is 0.00000116. The summed E-state index contributed by atoms with van der Waals surface area (Å²) in [6.07, 6.45) is 0. The highest BCUT2D eigenvalue weighted by Gasteiger charge is 2.08. The van der Waals surface area contributed by atoms with Crippen molar-refractivity contribution < 1.29 is 14.1 Å². The van der Waals surface area contributed by atoms with Crippen LogP contribution >= 0.6 is 0 Å². The largest absolute Gasteiger partial charge is 0.485 e. The number of non-ortho nitro benzene ring substituents is 1. The van der Waals surface area contributed by atoms with Gasteiger partial charge in [0, 0.05) is 12.1 Å². The van der Waals surface area contributed by atoms with Crippen LogP contribution in [0.4, 0.5) is 15.9 Å². The molecule has 0 spiro atoms. The van der Waals surface area contributed by atoms with Crippen LogP contribution in [0.25, 0.3) is 0 Å². The monoisotopic (exact) mass is 307 g/mol. The highest BCUT2D eigenvalue weighted by Crippen LogP contribution is 2.21. The Morgan fingerprint density at radius 2 is 2.05 bits per heavy atom. The maximum atomic E-state index is 12.4. The molecule has 0 aliphatic heterocycles. The lowest BCUT2D eigenvalue weighted by molar-refractivity contribution is -0.384. The molecule has 22 heavy (non-hydrogen) atoms. The number of alkyl halides is 1. The van der Waals surface area contributed by atoms with Crippen LogP contribution in [0.2, 0.25) is 0 Å². The lowest BCUT2D eigenvalue weighted by atomic mass is 10.2. The van der Waals surface area contributed by atoms with E-state index in [4.69, 9.17) is 10.5 Å². The number of nitro groups is 1. The van der Waals surface area contributed by atoms with Gasteiger partial charge in [-0.25, -0.2) is 9.37 Å². The van der Waals surface area contributed by atoms with Crippen molar-refractivity contribution in [2.45, 2.75) is 27.1 Å². The van der Waals surface area contributed by atoms with E-state index in [0.717, 1.165) is 0 Å². The molecule has 0 unspecified atom stereocenters. The van der Waals surface area contributed by atoms with Gasteiger partial charge >= 0.3 is 0 Å². The number of pyridine rings is 1. The van der Waals surface area contributed by atoms with Gasteiger partial charge in [-0.05, 0) is 17.7 Å². The van der Waals surface area contributed by atoms with Crippen molar-refractivity contribution >= 4 is 11.5 Å². The van der Waals surface area contributed by atoms with Crippen molar-refractivity contribution in [3.8, 4) is 5.75 Å². The summed E-state index contributed by atoms with van der Waals surface area (Å²) in [5.41, 5.74) is 6.48. The number of rotatable bonds is 5. The lowest BCUT2D eigenvalue weighted by Crippen LogP contribution is -2.02. The van der Waals surface area contributed by atoms with E-state index in [-0.39, 0.29) is 23.8 Å². The smallest absolute Gasteiger partial charge is 0.269 e. The number of nitro benzene ring substituents is 1. The van der Waals surface area contributed by atoms with Crippen LogP contribution in [-0.2, 0) is 13.3 Å². The molecule has 0 aliphatic carbocycles. The molecule has 0 radical (unpaired) electrons. The molecule has 1 heterocycles. The molecule has 0 atom stereocenters. The predicted molar refractivity (Wildman–Crippen MR) is 82.2 cm³/mol. The van der Waals surface area contributed by atoms with E-state index in [1.165, 1.54) is 24.3 Å². The normalized spacial score (nSPS) is 9.59. The number of ether oxygens (including phenoxy) is 1. The van der Waals surface area contributed by atoms with Crippen LogP contribution < -0.4 is 10.5 Å². The number of aromatic nitrogens is 1. The van der Waals surface area contributed by atoms with E-state index in [1.54, 1.807) is 12.1 Å². The van der Waals surface area contributed by atoms with Crippen LogP contribution in [0.15, 0.2) is 36.4 Å². The summed E-state index contributed by atoms with van der Waals surface area (Å²) in [5, 5.41) is 10.7. The first-order valence-corrected chi connectivity index (χ1v) is 6.77. The minimum absolute atomic E-state index is 0.00928. The maximum Gasteiger partial charge on any atom is 0.269 e. The highest BCUT2D eigenvalue weighted by atomic mass is 19.1. The number of nitrogens with two attached hydrogens (primary N) is 1. The number of anilines is 1. The molecule has 2 aromatic rings. The van der Waals surface area contributed by atoms with Gasteiger partial charge in [-0.1, -0.05) is 26.0 Å². The van der Waals surface area contributed by atoms with E-state index in [0.29, 0.717) is 11.3 Å². The second kappa shape index (κ2) is 8.56. The van der Waals surface area contributed by atoms with Crippen LogP contribution in [0.5, 0.6) is 5.75 Å². The minimum Gasteiger partial charge on any atom is -0.485 e. The van der Waals surface area contributed by atoms with Gasteiger partial charge < -0.3 is 10.5 Å². The molecule has 0 saturated heterocycles. The Hall–Kier alpha value is -2.70. The zero-order valence-corrected chi connectivity index (χ0v) is 12.5. The van der Waals surface area contributed by atoms with Crippen molar-refractivity contribution in [2.75, 3.05) is 5.73 Å². The van der Waals surface area contributed by atoms with Crippen LogP contribution in [0.3, 0.4) is 0 Å². The summed E-state index contributed by atoms with van der Waals surface area (Å²) in [6.45, 7) is 3.41. The Morgan fingerprint density at radius 3 is 2.64 bits per heavy atom. The van der Waals surface area contributed by atoms with E-state index >= 15 is 0 Å². The van der Waals surface area contributed by atoms with E-state index in [1.807, 2.05) is 13.8 Å². The molecular weight excluding hydrogens is 289 g/mol. The first-order valence-electron chi connectivity index (χ1n) is 6.77. The van der Waals surface area contributed by atoms with Crippen LogP contribution in [0, 0.1) is 10.1 Å². The molecular formula is C15H18FN3O3. The van der Waals surface area contributed by atoms with Crippen molar-refractivity contribution in [3.05, 3.63) is 57.8 Å². The van der Waals surface area contributed by atoms with Crippen LogP contribution in [-0.4, -0.2) is 9.91 Å². The van der Waals surface area contributed by atoms with Gasteiger partial charge in [0.15, 0.2) is 11.6 Å². The zero-order chi connectivity index (χ0) is 16.5. The molecule has 0 fully saturated rings. The van der Waals surface area contributed by atoms with Crippen LogP contribution in [0.1, 0.15) is 25.1 Å². The van der Waals surface area contributed by atoms with Gasteiger partial charge in [0.25, 0.3) is 5.69 Å². The molecule has 7 heteroatoms. The second-order valence-electron chi connectivity index (χ2n) is 4.04. The number of halogens is 1. The number of benzene rings is 1. The van der Waals surface area contributed by atoms with Gasteiger partial charge in [0.2, 0.25) is 0 Å². The van der Waals surface area contributed by atoms with E-state index in [9.17, 15) is 14.5 Å². The summed E-state index contributed by atoms with van der Waals surface area (Å²) in [6, 6.07) is 9.08. The van der Waals surface area contributed by atoms with Gasteiger partial charge in [-0.3, -0.25) is 10.1 Å². The molecule has 1 aromatic carbocycles. The number of hydrogen-bond acceptors (Lipinski definition) is 5. The molecule has 0 aliphatic rings. The van der Waals surface area contributed by atoms with E-state index in [2.05, 4.69) is 4.98 Å². The maximum absolute atomic E-state index is 12.4. The molecule has 0 amide bonds. The highest BCUT2D eigenvalue weighted by molar-refractivity contribution is 5.46. The second-order valence-corrected chi connectivity index (χ2v) is 4.04. The van der Waals surface area contributed by atoms with Crippen molar-refractivity contribution in [3.63, 3.8) is 0 Å². The third-order valence-electron chi connectivity index (χ3n) is 2.60. The Morgan fingerprint density at radius 1 is 1.32 bits per heavy atom. The quantitative estimate of drug-likeness (QED) is 0.672. The van der Waals surface area contributed by atoms with Gasteiger partial charge in [-0.15, -0.1) is 0 Å². The van der Waals surface area contributed by atoms with Crippen molar-refractivity contribution in [1.82, 2.24) is 4.98 Å². The SMILES string of the molecule is CC.Nc1nc(CF)ccc1OCc1cccc([N+](=O)[O-])c1. The number of nitrogens with zero attached hydrogens (tertiary/aromatic N) is 2. The Kier molecular flexibility index (Phi) is 6.75. The number of hydrogen-bond donors (Lipinski definition) is 1. The first kappa shape index (κ1) is 17.4. The average molecular weight is 307 g/mol. The first-order chi connectivity index (χ1) is 10.6. The summed E-state index contributed by atoms with van der Waals surface area (Å²) < 4.78 is 17.8. The summed E-state index contributed by atoms with van der Waals surface area (Å²) in [4.78, 5) is 14.0. The summed E-state index contributed by atoms with van der Waals surface area (Å²) >= 11 is 0. The fourth-order valence-electron chi connectivity index (χ4n) is 1.62. The summed E-state index contributed by atoms with van der Waals surface area (Å²) in [7, 11) is 0. The molecule has 0 bridgehead atoms. The molecule has 6 nitrogen and oxygen atoms in total. The lowest BCUT2D eigenvalue weighted by Gasteiger charge is -2.08. The van der Waals surface area contributed by atoms with Gasteiger partial charge in [0.05, 0.1) is 10.6 Å². The molecule has 0 saturated carbocycles. The van der Waals surface area contributed by atoms with Crippen molar-refractivity contribution in [1.29, 1.82) is 0 Å². The molecule has 2 N–H and O–H groups in total. The third kappa shape index (κ3) is 4.69. The van der Waals surface area contributed by atoms with Gasteiger partial charge in [0.1, 0.15) is 13.3 Å². The van der Waals surface area contributed by atoms with Crippen molar-refractivity contribution in [2.24, 2.45) is 0 Å².